The number of allylic oxidation sites excluding steroid dienone is 2. The van der Waals surface area contributed by atoms with Gasteiger partial charge >= 0.3 is 0 Å². The molecule has 2 atom stereocenters. The van der Waals surface area contributed by atoms with Crippen molar-refractivity contribution in [1.29, 1.82) is 0 Å². The molecular weight excluding hydrogens is 404 g/mol. The molecule has 1 aromatic carbocycles. The molecule has 1 aliphatic carbocycles. The maximum atomic E-state index is 13.2. The number of anilines is 1. The number of nitrogens with zero attached hydrogens (tertiary/aromatic N) is 3. The molecule has 0 spiro atoms. The molecular formula is C24H26N6O2. The number of nitrogens with one attached hydrogen (secondary N) is 2. The number of unbranched alkanes of at least 4 members (excludes halogenated alkanes) is 1. The van der Waals surface area contributed by atoms with Crippen LogP contribution in [0.25, 0.3) is 16.6 Å². The molecule has 0 radical (unpaired) electrons. The second kappa shape index (κ2) is 8.03. The van der Waals surface area contributed by atoms with E-state index in [9.17, 15) is 4.79 Å². The summed E-state index contributed by atoms with van der Waals surface area (Å²) in [6.07, 6.45) is 9.61. The molecule has 2 aliphatic rings. The predicted molar refractivity (Wildman–Crippen MR) is 126 cm³/mol. The molecule has 0 bridgehead atoms. The number of H-pyrrole nitrogens is 1. The Hall–Kier alpha value is -3.81. The summed E-state index contributed by atoms with van der Waals surface area (Å²) in [6.45, 7) is 4.75. The largest absolute Gasteiger partial charge is 0.494 e. The van der Waals surface area contributed by atoms with Crippen molar-refractivity contribution >= 4 is 34.0 Å². The molecule has 0 saturated carbocycles. The van der Waals surface area contributed by atoms with E-state index in [1.54, 1.807) is 4.68 Å². The Morgan fingerprint density at radius 3 is 3.03 bits per heavy atom. The first kappa shape index (κ1) is 20.1. The van der Waals surface area contributed by atoms with Crippen LogP contribution in [0.1, 0.15) is 42.7 Å². The van der Waals surface area contributed by atoms with Gasteiger partial charge in [0.2, 0.25) is 5.78 Å². The lowest BCUT2D eigenvalue weighted by Gasteiger charge is -2.18. The smallest absolute Gasteiger partial charge is 0.214 e. The number of carbonyl (C=O) groups is 1. The molecule has 8 heteroatoms. The number of ketones is 1. The summed E-state index contributed by atoms with van der Waals surface area (Å²) in [7, 11) is 0. The summed E-state index contributed by atoms with van der Waals surface area (Å²) in [5.74, 6) is 1.81. The van der Waals surface area contributed by atoms with Gasteiger partial charge in [-0.05, 0) is 49.8 Å². The Kier molecular flexibility index (Phi) is 5.05. The number of rotatable bonds is 7. The van der Waals surface area contributed by atoms with Crippen LogP contribution in [0.5, 0.6) is 5.75 Å². The van der Waals surface area contributed by atoms with Crippen LogP contribution in [0.2, 0.25) is 0 Å². The first-order chi connectivity index (χ1) is 15.5. The average Bonchev–Trinajstić information content (AvgIpc) is 3.48. The second-order valence-corrected chi connectivity index (χ2v) is 8.14. The number of aromatic nitrogens is 3. The van der Waals surface area contributed by atoms with Gasteiger partial charge in [-0.3, -0.25) is 9.79 Å². The van der Waals surface area contributed by atoms with Gasteiger partial charge in [-0.15, -0.1) is 0 Å². The Morgan fingerprint density at radius 2 is 2.19 bits per heavy atom. The summed E-state index contributed by atoms with van der Waals surface area (Å²) < 4.78 is 7.37. The van der Waals surface area contributed by atoms with Crippen LogP contribution in [0.3, 0.4) is 0 Å². The van der Waals surface area contributed by atoms with Gasteiger partial charge in [0.25, 0.3) is 0 Å². The van der Waals surface area contributed by atoms with E-state index in [1.807, 2.05) is 49.4 Å². The summed E-state index contributed by atoms with van der Waals surface area (Å²) in [4.78, 5) is 21.0. The van der Waals surface area contributed by atoms with Crippen molar-refractivity contribution < 1.29 is 9.53 Å². The number of nitrogens with two attached hydrogens (primary N) is 1. The lowest BCUT2D eigenvalue weighted by atomic mass is 10.0. The molecule has 3 aromatic rings. The van der Waals surface area contributed by atoms with Gasteiger partial charge in [-0.25, -0.2) is 4.68 Å². The van der Waals surface area contributed by atoms with Crippen molar-refractivity contribution in [2.75, 3.05) is 12.3 Å². The predicted octanol–water partition coefficient (Wildman–Crippen LogP) is 3.53. The fraction of sp³-hybridized carbons (Fsp3) is 0.292. The summed E-state index contributed by atoms with van der Waals surface area (Å²) in [5, 5.41) is 8.60. The molecule has 2 unspecified atom stereocenters. The quantitative estimate of drug-likeness (QED) is 0.392. The lowest BCUT2D eigenvalue weighted by Crippen LogP contribution is -2.32. The highest BCUT2D eigenvalue weighted by Crippen LogP contribution is 2.27. The highest BCUT2D eigenvalue weighted by Gasteiger charge is 2.27. The standard InChI is InChI=1S/C24H26N6O2/c1-3-4-9-32-17-6-8-19-15(10-17)11-22(29-19)23(31)18-13-26-30(24(18)25)16-5-7-20-21(12-16)28-14(2)27-20/h5-8,10-13,20-21,29H,3-4,9,25H2,1-2H3,(H,27,28). The fourth-order valence-corrected chi connectivity index (χ4v) is 4.09. The molecule has 32 heavy (non-hydrogen) atoms. The lowest BCUT2D eigenvalue weighted by molar-refractivity contribution is 0.103. The van der Waals surface area contributed by atoms with E-state index in [0.717, 1.165) is 41.0 Å². The Labute approximate surface area is 185 Å². The van der Waals surface area contributed by atoms with Gasteiger partial charge in [0.05, 0.1) is 47.7 Å². The van der Waals surface area contributed by atoms with Crippen molar-refractivity contribution in [3.05, 3.63) is 59.9 Å². The number of benzene rings is 1. The summed E-state index contributed by atoms with van der Waals surface area (Å²) >= 11 is 0. The first-order valence-corrected chi connectivity index (χ1v) is 10.9. The SMILES string of the molecule is CCCCOc1ccc2[nH]c(C(=O)c3cnn(C4=CC5N=C(C)NC5C=C4)c3N)cc2c1. The third-order valence-corrected chi connectivity index (χ3v) is 5.80. The van der Waals surface area contributed by atoms with Crippen molar-refractivity contribution in [3.8, 4) is 5.75 Å². The molecule has 1 aliphatic heterocycles. The van der Waals surface area contributed by atoms with Gasteiger partial charge in [0.15, 0.2) is 0 Å². The zero-order chi connectivity index (χ0) is 22.2. The van der Waals surface area contributed by atoms with Crippen LogP contribution < -0.4 is 15.8 Å². The van der Waals surface area contributed by atoms with Gasteiger partial charge < -0.3 is 20.8 Å². The minimum absolute atomic E-state index is 0.000184. The third-order valence-electron chi connectivity index (χ3n) is 5.80. The van der Waals surface area contributed by atoms with Crippen molar-refractivity contribution in [2.24, 2.45) is 4.99 Å². The number of aromatic amines is 1. The maximum absolute atomic E-state index is 13.2. The molecule has 4 N–H and O–H groups in total. The summed E-state index contributed by atoms with van der Waals surface area (Å²) in [6, 6.07) is 7.75. The topological polar surface area (TPSA) is 110 Å². The van der Waals surface area contributed by atoms with Crippen LogP contribution >= 0.6 is 0 Å². The maximum Gasteiger partial charge on any atom is 0.214 e. The van der Waals surface area contributed by atoms with Crippen molar-refractivity contribution in [2.45, 2.75) is 38.8 Å². The number of fused-ring (bicyclic) bond motifs is 2. The number of carbonyl (C=O) groups excluding carboxylic acids is 1. The van der Waals surface area contributed by atoms with E-state index < -0.39 is 0 Å². The zero-order valence-electron chi connectivity index (χ0n) is 18.1. The molecule has 164 valence electrons. The van der Waals surface area contributed by atoms with Crippen LogP contribution in [0.15, 0.2) is 53.7 Å². The number of hydrogen-bond donors (Lipinski definition) is 3. The van der Waals surface area contributed by atoms with Gasteiger partial charge in [-0.1, -0.05) is 19.4 Å². The molecule has 5 rings (SSSR count). The zero-order valence-corrected chi connectivity index (χ0v) is 18.1. The second-order valence-electron chi connectivity index (χ2n) is 8.14. The van der Waals surface area contributed by atoms with E-state index in [-0.39, 0.29) is 17.9 Å². The molecule has 8 nitrogen and oxygen atoms in total. The molecule has 0 saturated heterocycles. The van der Waals surface area contributed by atoms with E-state index in [1.165, 1.54) is 6.20 Å². The van der Waals surface area contributed by atoms with Crippen molar-refractivity contribution in [3.63, 3.8) is 0 Å². The molecule has 2 aromatic heterocycles. The van der Waals surface area contributed by atoms with E-state index in [4.69, 9.17) is 10.5 Å². The van der Waals surface area contributed by atoms with E-state index in [0.29, 0.717) is 23.7 Å². The molecule has 0 fully saturated rings. The third kappa shape index (κ3) is 3.57. The minimum Gasteiger partial charge on any atom is -0.494 e. The summed E-state index contributed by atoms with van der Waals surface area (Å²) in [5.41, 5.74) is 8.83. The van der Waals surface area contributed by atoms with Crippen LogP contribution in [-0.2, 0) is 0 Å². The average molecular weight is 431 g/mol. The fourth-order valence-electron chi connectivity index (χ4n) is 4.09. The van der Waals surface area contributed by atoms with Crippen molar-refractivity contribution in [1.82, 2.24) is 20.1 Å². The number of nitrogen functional groups attached to an aromatic ring is 1. The minimum atomic E-state index is -0.201. The molecule has 0 amide bonds. The van der Waals surface area contributed by atoms with Crippen LogP contribution in [0, 0.1) is 0 Å². The van der Waals surface area contributed by atoms with E-state index in [2.05, 4.69) is 27.3 Å². The number of ether oxygens (including phenoxy) is 1. The number of hydrogen-bond acceptors (Lipinski definition) is 6. The Bertz CT molecular complexity index is 1280. The number of amidine groups is 1. The van der Waals surface area contributed by atoms with Gasteiger partial charge in [-0.2, -0.15) is 5.10 Å². The monoisotopic (exact) mass is 430 g/mol. The highest BCUT2D eigenvalue weighted by atomic mass is 16.5. The van der Waals surface area contributed by atoms with Crippen LogP contribution in [-0.4, -0.2) is 45.1 Å². The van der Waals surface area contributed by atoms with Gasteiger partial charge in [0.1, 0.15) is 11.6 Å². The highest BCUT2D eigenvalue weighted by molar-refractivity contribution is 6.12. The Balaban J connectivity index is 1.39. The van der Waals surface area contributed by atoms with Crippen LogP contribution in [0.4, 0.5) is 5.82 Å². The normalized spacial score (nSPS) is 19.4. The number of aliphatic imine (C=N–C) groups is 1. The Morgan fingerprint density at radius 1 is 1.31 bits per heavy atom. The molecule has 3 heterocycles. The van der Waals surface area contributed by atoms with Gasteiger partial charge in [0, 0.05) is 10.9 Å². The first-order valence-electron chi connectivity index (χ1n) is 10.9. The van der Waals surface area contributed by atoms with E-state index >= 15 is 0 Å².